The Morgan fingerprint density at radius 3 is 2.65 bits per heavy atom. The minimum absolute atomic E-state index is 0.175. The zero-order chi connectivity index (χ0) is 23.5. The number of hydrogen-bond donors (Lipinski definition) is 0. The van der Waals surface area contributed by atoms with E-state index in [9.17, 15) is 9.18 Å². The van der Waals surface area contributed by atoms with Gasteiger partial charge in [0.25, 0.3) is 5.91 Å². The molecule has 0 radical (unpaired) electrons. The maximum absolute atomic E-state index is 13.6. The number of fused-ring (bicyclic) bond motifs is 1. The second-order valence-corrected chi connectivity index (χ2v) is 8.14. The molecule has 8 heteroatoms. The van der Waals surface area contributed by atoms with Crippen molar-refractivity contribution in [3.8, 4) is 5.69 Å². The SMILES string of the molecule is O=C(c1ccc2cnccc2n1)N(Cc1ccc(F)cc1Cl)Cc1ccnn1-c1ccccc1. The number of rotatable bonds is 6. The van der Waals surface area contributed by atoms with Crippen LogP contribution in [0.1, 0.15) is 21.7 Å². The fraction of sp³-hybridized carbons (Fsp3) is 0.0769. The molecule has 3 heterocycles. The molecule has 34 heavy (non-hydrogen) atoms. The van der Waals surface area contributed by atoms with Gasteiger partial charge in [-0.15, -0.1) is 0 Å². The van der Waals surface area contributed by atoms with Gasteiger partial charge in [0, 0.05) is 35.5 Å². The van der Waals surface area contributed by atoms with Gasteiger partial charge in [-0.05, 0) is 54.1 Å². The number of para-hydroxylation sites is 1. The molecule has 0 spiro atoms. The number of nitrogens with zero attached hydrogens (tertiary/aromatic N) is 5. The van der Waals surface area contributed by atoms with Gasteiger partial charge in [0.05, 0.1) is 23.4 Å². The van der Waals surface area contributed by atoms with Crippen LogP contribution in [-0.2, 0) is 13.1 Å². The van der Waals surface area contributed by atoms with Crippen LogP contribution in [0.15, 0.2) is 91.4 Å². The number of amides is 1. The summed E-state index contributed by atoms with van der Waals surface area (Å²) in [5.41, 5.74) is 3.29. The molecule has 2 aromatic carbocycles. The standard InChI is InChI=1S/C26H19ClFN5O/c27-23-14-20(28)8-6-19(23)16-32(17-22-10-13-30-33(22)21-4-2-1-3-5-21)26(34)25-9-7-18-15-29-12-11-24(18)31-25/h1-15H,16-17H2. The van der Waals surface area contributed by atoms with E-state index in [1.807, 2.05) is 42.5 Å². The van der Waals surface area contributed by atoms with Crippen molar-refractivity contribution in [2.24, 2.45) is 0 Å². The first-order chi connectivity index (χ1) is 16.6. The molecule has 0 N–H and O–H groups in total. The Labute approximate surface area is 200 Å². The summed E-state index contributed by atoms with van der Waals surface area (Å²) in [5, 5.41) is 5.53. The molecule has 0 aliphatic heterocycles. The highest BCUT2D eigenvalue weighted by Gasteiger charge is 2.21. The van der Waals surface area contributed by atoms with Crippen LogP contribution < -0.4 is 0 Å². The van der Waals surface area contributed by atoms with E-state index in [0.29, 0.717) is 16.8 Å². The first-order valence-electron chi connectivity index (χ1n) is 10.6. The van der Waals surface area contributed by atoms with Crippen molar-refractivity contribution < 1.29 is 9.18 Å². The molecular formula is C26H19ClFN5O. The highest BCUT2D eigenvalue weighted by molar-refractivity contribution is 6.31. The zero-order valence-electron chi connectivity index (χ0n) is 18.0. The second kappa shape index (κ2) is 9.41. The van der Waals surface area contributed by atoms with Crippen LogP contribution in [0.2, 0.25) is 5.02 Å². The monoisotopic (exact) mass is 471 g/mol. The second-order valence-electron chi connectivity index (χ2n) is 7.73. The molecule has 6 nitrogen and oxygen atoms in total. The van der Waals surface area contributed by atoms with Crippen LogP contribution in [-0.4, -0.2) is 30.6 Å². The third kappa shape index (κ3) is 4.51. The van der Waals surface area contributed by atoms with Crippen molar-refractivity contribution in [1.29, 1.82) is 0 Å². The van der Waals surface area contributed by atoms with Gasteiger partial charge in [-0.25, -0.2) is 14.1 Å². The van der Waals surface area contributed by atoms with Crippen LogP contribution in [0.25, 0.3) is 16.6 Å². The van der Waals surface area contributed by atoms with Crippen LogP contribution in [0, 0.1) is 5.82 Å². The summed E-state index contributed by atoms with van der Waals surface area (Å²) >= 11 is 6.29. The summed E-state index contributed by atoms with van der Waals surface area (Å²) < 4.78 is 15.4. The fourth-order valence-corrected chi connectivity index (χ4v) is 3.98. The summed E-state index contributed by atoms with van der Waals surface area (Å²) in [5.74, 6) is -0.710. The number of benzene rings is 2. The average Bonchev–Trinajstić information content (AvgIpc) is 3.33. The lowest BCUT2D eigenvalue weighted by Crippen LogP contribution is -2.31. The predicted molar refractivity (Wildman–Crippen MR) is 128 cm³/mol. The Morgan fingerprint density at radius 2 is 1.82 bits per heavy atom. The normalized spacial score (nSPS) is 11.0. The molecule has 0 atom stereocenters. The van der Waals surface area contributed by atoms with E-state index in [1.54, 1.807) is 46.4 Å². The van der Waals surface area contributed by atoms with Crippen LogP contribution in [0.3, 0.4) is 0 Å². The van der Waals surface area contributed by atoms with E-state index >= 15 is 0 Å². The number of hydrogen-bond acceptors (Lipinski definition) is 4. The Morgan fingerprint density at radius 1 is 0.971 bits per heavy atom. The van der Waals surface area contributed by atoms with Crippen molar-refractivity contribution in [2.45, 2.75) is 13.1 Å². The molecule has 0 unspecified atom stereocenters. The molecule has 5 rings (SSSR count). The Bertz CT molecular complexity index is 1470. The summed E-state index contributed by atoms with van der Waals surface area (Å²) in [6.07, 6.45) is 5.03. The summed E-state index contributed by atoms with van der Waals surface area (Å²) in [6, 6.07) is 21.0. The van der Waals surface area contributed by atoms with Gasteiger partial charge in [0.1, 0.15) is 11.5 Å². The largest absolute Gasteiger partial charge is 0.327 e. The molecule has 0 aliphatic rings. The molecule has 1 amide bonds. The minimum Gasteiger partial charge on any atom is -0.327 e. The number of halogens is 2. The summed E-state index contributed by atoms with van der Waals surface area (Å²) in [6.45, 7) is 0.422. The molecule has 0 bridgehead atoms. The van der Waals surface area contributed by atoms with E-state index in [4.69, 9.17) is 11.6 Å². The summed E-state index contributed by atoms with van der Waals surface area (Å²) in [4.78, 5) is 23.9. The van der Waals surface area contributed by atoms with Gasteiger partial charge in [0.2, 0.25) is 0 Å². The Balaban J connectivity index is 1.52. The fourth-order valence-electron chi connectivity index (χ4n) is 3.75. The van der Waals surface area contributed by atoms with E-state index in [0.717, 1.165) is 16.8 Å². The van der Waals surface area contributed by atoms with Crippen molar-refractivity contribution in [1.82, 2.24) is 24.6 Å². The number of pyridine rings is 2. The molecule has 0 saturated carbocycles. The van der Waals surface area contributed by atoms with Crippen molar-refractivity contribution in [3.63, 3.8) is 0 Å². The van der Waals surface area contributed by atoms with Gasteiger partial charge < -0.3 is 4.90 Å². The Hall–Kier alpha value is -4.10. The molecule has 0 aliphatic carbocycles. The molecule has 168 valence electrons. The van der Waals surface area contributed by atoms with Gasteiger partial charge >= 0.3 is 0 Å². The zero-order valence-corrected chi connectivity index (χ0v) is 18.7. The van der Waals surface area contributed by atoms with E-state index in [-0.39, 0.29) is 24.0 Å². The third-order valence-corrected chi connectivity index (χ3v) is 5.80. The average molecular weight is 472 g/mol. The van der Waals surface area contributed by atoms with Crippen molar-refractivity contribution in [3.05, 3.63) is 119 Å². The molecule has 0 fully saturated rings. The Kier molecular flexibility index (Phi) is 6.01. The van der Waals surface area contributed by atoms with Crippen LogP contribution >= 0.6 is 11.6 Å². The van der Waals surface area contributed by atoms with Crippen molar-refractivity contribution >= 4 is 28.4 Å². The lowest BCUT2D eigenvalue weighted by molar-refractivity contribution is 0.0721. The topological polar surface area (TPSA) is 63.9 Å². The van der Waals surface area contributed by atoms with Gasteiger partial charge in [0.15, 0.2) is 0 Å². The first kappa shape index (κ1) is 21.7. The van der Waals surface area contributed by atoms with E-state index < -0.39 is 5.82 Å². The number of aromatic nitrogens is 4. The highest BCUT2D eigenvalue weighted by atomic mass is 35.5. The molecule has 5 aromatic rings. The number of carbonyl (C=O) groups is 1. The minimum atomic E-state index is -0.432. The summed E-state index contributed by atoms with van der Waals surface area (Å²) in [7, 11) is 0. The van der Waals surface area contributed by atoms with E-state index in [2.05, 4.69) is 15.1 Å². The van der Waals surface area contributed by atoms with Gasteiger partial charge in [-0.3, -0.25) is 9.78 Å². The quantitative estimate of drug-likeness (QED) is 0.330. The van der Waals surface area contributed by atoms with E-state index in [1.165, 1.54) is 12.1 Å². The van der Waals surface area contributed by atoms with Gasteiger partial charge in [-0.1, -0.05) is 35.9 Å². The molecule has 3 aromatic heterocycles. The predicted octanol–water partition coefficient (Wildman–Crippen LogP) is 5.45. The smallest absolute Gasteiger partial charge is 0.273 e. The number of carbonyl (C=O) groups excluding carboxylic acids is 1. The third-order valence-electron chi connectivity index (χ3n) is 5.45. The lowest BCUT2D eigenvalue weighted by Gasteiger charge is -2.24. The first-order valence-corrected chi connectivity index (χ1v) is 11.0. The van der Waals surface area contributed by atoms with Gasteiger partial charge in [-0.2, -0.15) is 5.10 Å². The van der Waals surface area contributed by atoms with Crippen LogP contribution in [0.5, 0.6) is 0 Å². The van der Waals surface area contributed by atoms with Crippen molar-refractivity contribution in [2.75, 3.05) is 0 Å². The maximum atomic E-state index is 13.6. The molecule has 0 saturated heterocycles. The maximum Gasteiger partial charge on any atom is 0.273 e. The lowest BCUT2D eigenvalue weighted by atomic mass is 10.1. The molecular weight excluding hydrogens is 453 g/mol. The van der Waals surface area contributed by atoms with Crippen LogP contribution in [0.4, 0.5) is 4.39 Å². The highest BCUT2D eigenvalue weighted by Crippen LogP contribution is 2.22.